The summed E-state index contributed by atoms with van der Waals surface area (Å²) < 4.78 is 20.7. The van der Waals surface area contributed by atoms with Gasteiger partial charge in [-0.1, -0.05) is 24.3 Å². The number of halogens is 1. The number of benzene rings is 2. The molecule has 0 radical (unpaired) electrons. The highest BCUT2D eigenvalue weighted by Gasteiger charge is 2.24. The zero-order chi connectivity index (χ0) is 20.5. The molecule has 4 aromatic rings. The second-order valence-corrected chi connectivity index (χ2v) is 6.73. The Hall–Kier alpha value is -3.54. The van der Waals surface area contributed by atoms with Crippen molar-refractivity contribution >= 4 is 33.6 Å². The molecule has 0 saturated heterocycles. The summed E-state index contributed by atoms with van der Waals surface area (Å²) >= 11 is 0. The lowest BCUT2D eigenvalue weighted by atomic mass is 10.0. The SMILES string of the molecule is CCOC(=O)Cn1c(C)c(C(=O)c2ccc3ccccc3n2)c2cc(F)ccc21. The van der Waals surface area contributed by atoms with E-state index < -0.39 is 11.8 Å². The first-order valence-corrected chi connectivity index (χ1v) is 9.34. The molecule has 5 nitrogen and oxygen atoms in total. The fourth-order valence-corrected chi connectivity index (χ4v) is 3.60. The molecule has 0 atom stereocenters. The molecule has 0 aliphatic carbocycles. The summed E-state index contributed by atoms with van der Waals surface area (Å²) in [4.78, 5) is 29.9. The molecule has 146 valence electrons. The highest BCUT2D eigenvalue weighted by atomic mass is 19.1. The number of rotatable bonds is 5. The third kappa shape index (κ3) is 3.38. The molecule has 0 unspecified atom stereocenters. The van der Waals surface area contributed by atoms with Crippen molar-refractivity contribution in [2.24, 2.45) is 0 Å². The van der Waals surface area contributed by atoms with Crippen molar-refractivity contribution in [3.63, 3.8) is 0 Å². The fourth-order valence-electron chi connectivity index (χ4n) is 3.60. The van der Waals surface area contributed by atoms with Gasteiger partial charge in [-0.3, -0.25) is 9.59 Å². The summed E-state index contributed by atoms with van der Waals surface area (Å²) in [5.74, 6) is -1.18. The number of carbonyl (C=O) groups is 2. The molecule has 0 aliphatic heterocycles. The maximum Gasteiger partial charge on any atom is 0.325 e. The van der Waals surface area contributed by atoms with E-state index in [4.69, 9.17) is 4.74 Å². The second-order valence-electron chi connectivity index (χ2n) is 6.73. The van der Waals surface area contributed by atoms with Crippen molar-refractivity contribution < 1.29 is 18.7 Å². The first-order chi connectivity index (χ1) is 14.0. The van der Waals surface area contributed by atoms with Crippen molar-refractivity contribution in [2.45, 2.75) is 20.4 Å². The largest absolute Gasteiger partial charge is 0.465 e. The van der Waals surface area contributed by atoms with Crippen molar-refractivity contribution in [3.05, 3.63) is 77.4 Å². The predicted molar refractivity (Wildman–Crippen MR) is 108 cm³/mol. The molecule has 29 heavy (non-hydrogen) atoms. The Morgan fingerprint density at radius 3 is 2.69 bits per heavy atom. The molecule has 0 bridgehead atoms. The van der Waals surface area contributed by atoms with Crippen LogP contribution < -0.4 is 0 Å². The first-order valence-electron chi connectivity index (χ1n) is 9.34. The lowest BCUT2D eigenvalue weighted by molar-refractivity contribution is -0.143. The number of ether oxygens (including phenoxy) is 1. The lowest BCUT2D eigenvalue weighted by Crippen LogP contribution is -2.15. The smallest absolute Gasteiger partial charge is 0.325 e. The minimum atomic E-state index is -0.452. The number of esters is 1. The van der Waals surface area contributed by atoms with E-state index in [2.05, 4.69) is 4.98 Å². The molecule has 0 fully saturated rings. The van der Waals surface area contributed by atoms with E-state index in [-0.39, 0.29) is 24.6 Å². The van der Waals surface area contributed by atoms with Gasteiger partial charge >= 0.3 is 5.97 Å². The fraction of sp³-hybridized carbons (Fsp3) is 0.174. The number of fused-ring (bicyclic) bond motifs is 2. The summed E-state index contributed by atoms with van der Waals surface area (Å²) in [5.41, 5.74) is 2.48. The van der Waals surface area contributed by atoms with Gasteiger partial charge in [-0.15, -0.1) is 0 Å². The van der Waals surface area contributed by atoms with Crippen LogP contribution in [0.25, 0.3) is 21.8 Å². The van der Waals surface area contributed by atoms with Crippen molar-refractivity contribution in [1.29, 1.82) is 0 Å². The van der Waals surface area contributed by atoms with E-state index in [0.29, 0.717) is 27.7 Å². The number of para-hydroxylation sites is 1. The predicted octanol–water partition coefficient (Wildman–Crippen LogP) is 4.43. The number of aromatic nitrogens is 2. The van der Waals surface area contributed by atoms with Gasteiger partial charge in [0.25, 0.3) is 0 Å². The van der Waals surface area contributed by atoms with E-state index in [0.717, 1.165) is 5.39 Å². The van der Waals surface area contributed by atoms with Gasteiger partial charge in [-0.25, -0.2) is 9.37 Å². The van der Waals surface area contributed by atoms with Crippen LogP contribution in [0.4, 0.5) is 4.39 Å². The zero-order valence-electron chi connectivity index (χ0n) is 16.1. The van der Waals surface area contributed by atoms with Crippen LogP contribution in [0, 0.1) is 12.7 Å². The third-order valence-corrected chi connectivity index (χ3v) is 4.94. The van der Waals surface area contributed by atoms with Gasteiger partial charge < -0.3 is 9.30 Å². The Morgan fingerprint density at radius 2 is 1.90 bits per heavy atom. The molecule has 0 aliphatic rings. The Morgan fingerprint density at radius 1 is 1.10 bits per heavy atom. The van der Waals surface area contributed by atoms with Gasteiger partial charge in [0.15, 0.2) is 0 Å². The number of hydrogen-bond acceptors (Lipinski definition) is 4. The van der Waals surface area contributed by atoms with Gasteiger partial charge in [0.2, 0.25) is 5.78 Å². The zero-order valence-corrected chi connectivity index (χ0v) is 16.1. The van der Waals surface area contributed by atoms with Crippen molar-refractivity contribution in [3.8, 4) is 0 Å². The Bertz CT molecular complexity index is 1260. The molecule has 0 N–H and O–H groups in total. The summed E-state index contributed by atoms with van der Waals surface area (Å²) in [6, 6.07) is 15.2. The lowest BCUT2D eigenvalue weighted by Gasteiger charge is -2.08. The number of hydrogen-bond donors (Lipinski definition) is 0. The van der Waals surface area contributed by atoms with E-state index in [1.807, 2.05) is 30.3 Å². The molecule has 0 saturated carbocycles. The summed E-state index contributed by atoms with van der Waals surface area (Å²) in [7, 11) is 0. The van der Waals surface area contributed by atoms with Crippen LogP contribution in [0.3, 0.4) is 0 Å². The minimum absolute atomic E-state index is 0.0553. The summed E-state index contributed by atoms with van der Waals surface area (Å²) in [5, 5.41) is 1.38. The van der Waals surface area contributed by atoms with Gasteiger partial charge in [0.1, 0.15) is 18.1 Å². The second kappa shape index (κ2) is 7.47. The summed E-state index contributed by atoms with van der Waals surface area (Å²) in [6.07, 6.45) is 0. The van der Waals surface area contributed by atoms with Crippen LogP contribution in [0.5, 0.6) is 0 Å². The van der Waals surface area contributed by atoms with Crippen LogP contribution >= 0.6 is 0 Å². The first kappa shape index (κ1) is 18.8. The molecule has 2 aromatic carbocycles. The van der Waals surface area contributed by atoms with Gasteiger partial charge in [0, 0.05) is 22.0 Å². The van der Waals surface area contributed by atoms with Crippen LogP contribution in [0.15, 0.2) is 54.6 Å². The van der Waals surface area contributed by atoms with Crippen LogP contribution in [0.1, 0.15) is 28.7 Å². The maximum atomic E-state index is 14.0. The Balaban J connectivity index is 1.87. The normalized spacial score (nSPS) is 11.1. The monoisotopic (exact) mass is 390 g/mol. The molecular formula is C23H19FN2O3. The van der Waals surface area contributed by atoms with E-state index in [1.54, 1.807) is 30.5 Å². The average molecular weight is 390 g/mol. The topological polar surface area (TPSA) is 61.2 Å². The standard InChI is InChI=1S/C23H19FN2O3/c1-3-29-21(27)13-26-14(2)22(17-12-16(24)9-11-20(17)26)23(28)19-10-8-15-6-4-5-7-18(15)25-19/h4-12H,3,13H2,1-2H3. The van der Waals surface area contributed by atoms with Crippen LogP contribution in [0.2, 0.25) is 0 Å². The van der Waals surface area contributed by atoms with Gasteiger partial charge in [-0.05, 0) is 44.2 Å². The highest BCUT2D eigenvalue weighted by Crippen LogP contribution is 2.29. The molecule has 0 amide bonds. The highest BCUT2D eigenvalue weighted by molar-refractivity contribution is 6.17. The number of pyridine rings is 1. The van der Waals surface area contributed by atoms with Crippen LogP contribution in [-0.2, 0) is 16.1 Å². The minimum Gasteiger partial charge on any atom is -0.465 e. The van der Waals surface area contributed by atoms with Crippen LogP contribution in [-0.4, -0.2) is 27.9 Å². The molecule has 0 spiro atoms. The number of ketones is 1. The maximum absolute atomic E-state index is 14.0. The number of nitrogens with zero attached hydrogens (tertiary/aromatic N) is 2. The quantitative estimate of drug-likeness (QED) is 0.374. The van der Waals surface area contributed by atoms with Crippen molar-refractivity contribution in [2.75, 3.05) is 6.61 Å². The Kier molecular flexibility index (Phi) is 4.84. The summed E-state index contributed by atoms with van der Waals surface area (Å²) in [6.45, 7) is 3.68. The van der Waals surface area contributed by atoms with Gasteiger partial charge in [0.05, 0.1) is 17.7 Å². The molecule has 6 heteroatoms. The molecular weight excluding hydrogens is 371 g/mol. The van der Waals surface area contributed by atoms with E-state index >= 15 is 0 Å². The third-order valence-electron chi connectivity index (χ3n) is 4.94. The Labute approximate surface area is 166 Å². The van der Waals surface area contributed by atoms with Gasteiger partial charge in [-0.2, -0.15) is 0 Å². The average Bonchev–Trinajstić information content (AvgIpc) is 2.98. The molecule has 4 rings (SSSR count). The van der Waals surface area contributed by atoms with Crippen molar-refractivity contribution in [1.82, 2.24) is 9.55 Å². The van der Waals surface area contributed by atoms with E-state index in [9.17, 15) is 14.0 Å². The number of carbonyl (C=O) groups excluding carboxylic acids is 2. The van der Waals surface area contributed by atoms with E-state index in [1.165, 1.54) is 12.1 Å². The molecule has 2 aromatic heterocycles. The molecule has 2 heterocycles.